The van der Waals surface area contributed by atoms with Gasteiger partial charge in [-0.3, -0.25) is 4.79 Å². The summed E-state index contributed by atoms with van der Waals surface area (Å²) in [7, 11) is -3.55. The zero-order chi connectivity index (χ0) is 14.8. The van der Waals surface area contributed by atoms with E-state index in [-0.39, 0.29) is 17.2 Å². The minimum absolute atomic E-state index is 0.0262. The highest BCUT2D eigenvalue weighted by Crippen LogP contribution is 2.26. The molecule has 1 aliphatic rings. The molecule has 2 rings (SSSR count). The summed E-state index contributed by atoms with van der Waals surface area (Å²) in [5.41, 5.74) is -0.374. The maximum Gasteiger partial charge on any atom is 0.180 e. The zero-order valence-corrected chi connectivity index (χ0v) is 11.8. The maximum atomic E-state index is 13.4. The van der Waals surface area contributed by atoms with Crippen molar-refractivity contribution in [1.82, 2.24) is 0 Å². The predicted molar refractivity (Wildman–Crippen MR) is 71.3 cm³/mol. The van der Waals surface area contributed by atoms with Crippen LogP contribution in [0, 0.1) is 17.6 Å². The number of halogens is 2. The first-order valence-electron chi connectivity index (χ1n) is 6.56. The molecule has 3 nitrogen and oxygen atoms in total. The van der Waals surface area contributed by atoms with Crippen LogP contribution in [0.5, 0.6) is 0 Å². The van der Waals surface area contributed by atoms with Crippen LogP contribution in [-0.4, -0.2) is 25.7 Å². The minimum atomic E-state index is -3.55. The average molecular weight is 302 g/mol. The Morgan fingerprint density at radius 2 is 1.85 bits per heavy atom. The van der Waals surface area contributed by atoms with Gasteiger partial charge in [0.1, 0.15) is 17.4 Å². The highest BCUT2D eigenvalue weighted by atomic mass is 32.2. The Morgan fingerprint density at radius 3 is 2.45 bits per heavy atom. The van der Waals surface area contributed by atoms with Crippen LogP contribution in [0.2, 0.25) is 0 Å². The molecule has 0 atom stereocenters. The third-order valence-corrected chi connectivity index (χ3v) is 5.23. The lowest BCUT2D eigenvalue weighted by molar-refractivity contribution is 0.101. The fourth-order valence-electron chi connectivity index (χ4n) is 2.59. The van der Waals surface area contributed by atoms with Crippen LogP contribution in [-0.2, 0) is 9.84 Å². The van der Waals surface area contributed by atoms with Crippen molar-refractivity contribution in [1.29, 1.82) is 0 Å². The Labute approximate surface area is 116 Å². The van der Waals surface area contributed by atoms with Gasteiger partial charge in [0, 0.05) is 6.07 Å². The van der Waals surface area contributed by atoms with Crippen molar-refractivity contribution < 1.29 is 22.0 Å². The molecule has 0 N–H and O–H groups in total. The summed E-state index contributed by atoms with van der Waals surface area (Å²) in [5.74, 6) is -3.28. The van der Waals surface area contributed by atoms with E-state index in [0.29, 0.717) is 6.07 Å². The molecule has 0 aliphatic heterocycles. The number of carbonyl (C=O) groups excluding carboxylic acids is 1. The number of Topliss-reactive ketones (excluding diaryl/α,β-unsaturated/α-hetero) is 1. The number of carbonyl (C=O) groups is 1. The predicted octanol–water partition coefficient (Wildman–Crippen LogP) is 2.75. The fourth-order valence-corrected chi connectivity index (χ4v) is 4.31. The number of rotatable bonds is 5. The lowest BCUT2D eigenvalue weighted by Crippen LogP contribution is -2.23. The maximum absolute atomic E-state index is 13.4. The van der Waals surface area contributed by atoms with Crippen LogP contribution >= 0.6 is 0 Å². The number of sulfone groups is 1. The van der Waals surface area contributed by atoms with Crippen molar-refractivity contribution in [3.05, 3.63) is 35.4 Å². The average Bonchev–Trinajstić information content (AvgIpc) is 2.79. The molecule has 0 heterocycles. The summed E-state index contributed by atoms with van der Waals surface area (Å²) in [6, 6.07) is 2.51. The van der Waals surface area contributed by atoms with Crippen molar-refractivity contribution in [3.63, 3.8) is 0 Å². The van der Waals surface area contributed by atoms with E-state index in [2.05, 4.69) is 0 Å². The van der Waals surface area contributed by atoms with Crippen LogP contribution in [0.25, 0.3) is 0 Å². The summed E-state index contributed by atoms with van der Waals surface area (Å²) < 4.78 is 50.0. The van der Waals surface area contributed by atoms with Gasteiger partial charge in [-0.2, -0.15) is 0 Å². The van der Waals surface area contributed by atoms with Gasteiger partial charge in [0.2, 0.25) is 0 Å². The lowest BCUT2D eigenvalue weighted by atomic mass is 10.1. The molecule has 1 saturated carbocycles. The van der Waals surface area contributed by atoms with Gasteiger partial charge in [0.05, 0.1) is 11.3 Å². The van der Waals surface area contributed by atoms with Crippen LogP contribution in [0.1, 0.15) is 36.0 Å². The van der Waals surface area contributed by atoms with Gasteiger partial charge in [0.15, 0.2) is 15.6 Å². The standard InChI is InChI=1S/C14H16F2O3S/c15-11-5-6-12(13(16)7-11)14(17)9-20(18,19)8-10-3-1-2-4-10/h5-7,10H,1-4,8-9H2. The van der Waals surface area contributed by atoms with E-state index >= 15 is 0 Å². The van der Waals surface area contributed by atoms with Gasteiger partial charge < -0.3 is 0 Å². The van der Waals surface area contributed by atoms with Gasteiger partial charge in [-0.1, -0.05) is 12.8 Å². The molecule has 0 spiro atoms. The molecule has 0 amide bonds. The van der Waals surface area contributed by atoms with Gasteiger partial charge in [-0.05, 0) is 30.9 Å². The van der Waals surface area contributed by atoms with Gasteiger partial charge in [-0.25, -0.2) is 17.2 Å². The second-order valence-corrected chi connectivity index (χ2v) is 7.36. The first kappa shape index (κ1) is 15.1. The Bertz CT molecular complexity index is 605. The molecule has 1 aliphatic carbocycles. The number of hydrogen-bond donors (Lipinski definition) is 0. The first-order valence-corrected chi connectivity index (χ1v) is 8.38. The molecule has 1 fully saturated rings. The number of ketones is 1. The van der Waals surface area contributed by atoms with E-state index in [4.69, 9.17) is 0 Å². The second kappa shape index (κ2) is 5.99. The van der Waals surface area contributed by atoms with Crippen molar-refractivity contribution in [3.8, 4) is 0 Å². The van der Waals surface area contributed by atoms with Crippen LogP contribution < -0.4 is 0 Å². The molecule has 1 aromatic rings. The van der Waals surface area contributed by atoms with Crippen molar-refractivity contribution in [2.24, 2.45) is 5.92 Å². The quantitative estimate of drug-likeness (QED) is 0.786. The van der Waals surface area contributed by atoms with E-state index in [1.165, 1.54) is 0 Å². The zero-order valence-electron chi connectivity index (χ0n) is 10.9. The van der Waals surface area contributed by atoms with E-state index in [9.17, 15) is 22.0 Å². The second-order valence-electron chi connectivity index (χ2n) is 5.25. The Hall–Kier alpha value is -1.30. The van der Waals surface area contributed by atoms with Crippen molar-refractivity contribution in [2.75, 3.05) is 11.5 Å². The molecule has 0 saturated heterocycles. The molecular formula is C14H16F2O3S. The first-order chi connectivity index (χ1) is 9.37. The molecule has 110 valence electrons. The summed E-state index contributed by atoms with van der Waals surface area (Å²) in [4.78, 5) is 11.8. The van der Waals surface area contributed by atoms with Gasteiger partial charge in [0.25, 0.3) is 0 Å². The largest absolute Gasteiger partial charge is 0.293 e. The highest BCUT2D eigenvalue weighted by molar-refractivity contribution is 7.92. The minimum Gasteiger partial charge on any atom is -0.293 e. The van der Waals surface area contributed by atoms with Gasteiger partial charge in [-0.15, -0.1) is 0 Å². The summed E-state index contributed by atoms with van der Waals surface area (Å²) in [6.07, 6.45) is 3.75. The smallest absolute Gasteiger partial charge is 0.180 e. The number of hydrogen-bond acceptors (Lipinski definition) is 3. The van der Waals surface area contributed by atoms with E-state index in [1.54, 1.807) is 0 Å². The normalized spacial score (nSPS) is 16.5. The Morgan fingerprint density at radius 1 is 1.20 bits per heavy atom. The highest BCUT2D eigenvalue weighted by Gasteiger charge is 2.26. The molecule has 0 aromatic heterocycles. The summed E-state index contributed by atoms with van der Waals surface area (Å²) >= 11 is 0. The molecule has 6 heteroatoms. The van der Waals surface area contributed by atoms with Crippen molar-refractivity contribution >= 4 is 15.6 Å². The molecule has 1 aromatic carbocycles. The molecular weight excluding hydrogens is 286 g/mol. The van der Waals surface area contributed by atoms with Crippen LogP contribution in [0.3, 0.4) is 0 Å². The lowest BCUT2D eigenvalue weighted by Gasteiger charge is -2.09. The third kappa shape index (κ3) is 3.85. The van der Waals surface area contributed by atoms with Gasteiger partial charge >= 0.3 is 0 Å². The van der Waals surface area contributed by atoms with Crippen LogP contribution in [0.15, 0.2) is 18.2 Å². The topological polar surface area (TPSA) is 51.2 Å². The summed E-state index contributed by atoms with van der Waals surface area (Å²) in [5, 5.41) is 0. The van der Waals surface area contributed by atoms with Crippen molar-refractivity contribution in [2.45, 2.75) is 25.7 Å². The molecule has 0 bridgehead atoms. The Kier molecular flexibility index (Phi) is 4.52. The third-order valence-electron chi connectivity index (χ3n) is 3.55. The molecule has 20 heavy (non-hydrogen) atoms. The molecule has 0 unspecified atom stereocenters. The number of benzene rings is 1. The summed E-state index contributed by atoms with van der Waals surface area (Å²) in [6.45, 7) is 0. The van der Waals surface area contributed by atoms with E-state index in [0.717, 1.165) is 37.8 Å². The van der Waals surface area contributed by atoms with E-state index in [1.807, 2.05) is 0 Å². The van der Waals surface area contributed by atoms with E-state index < -0.39 is 33.0 Å². The SMILES string of the molecule is O=C(CS(=O)(=O)CC1CCCC1)c1ccc(F)cc1F. The Balaban J connectivity index is 2.06. The monoisotopic (exact) mass is 302 g/mol. The van der Waals surface area contributed by atoms with Crippen LogP contribution in [0.4, 0.5) is 8.78 Å². The molecule has 0 radical (unpaired) electrons. The fraction of sp³-hybridized carbons (Fsp3) is 0.500.